The monoisotopic (exact) mass is 359 g/mol. The first kappa shape index (κ1) is 18.6. The van der Waals surface area contributed by atoms with E-state index in [1.165, 1.54) is 0 Å². The van der Waals surface area contributed by atoms with E-state index in [4.69, 9.17) is 10.8 Å². The van der Waals surface area contributed by atoms with E-state index < -0.39 is 11.6 Å². The van der Waals surface area contributed by atoms with Gasteiger partial charge in [0.25, 0.3) is 0 Å². The molecule has 1 aliphatic carbocycles. The molecule has 0 fully saturated rings. The van der Waals surface area contributed by atoms with Crippen molar-refractivity contribution in [3.8, 4) is 0 Å². The van der Waals surface area contributed by atoms with E-state index in [2.05, 4.69) is 0 Å². The predicted molar refractivity (Wildman–Crippen MR) is 107 cm³/mol. The van der Waals surface area contributed by atoms with Crippen molar-refractivity contribution in [2.24, 2.45) is 5.73 Å². The Labute approximate surface area is 158 Å². The van der Waals surface area contributed by atoms with Gasteiger partial charge in [-0.05, 0) is 34.4 Å². The molecule has 136 valence electrons. The van der Waals surface area contributed by atoms with Crippen molar-refractivity contribution in [1.29, 1.82) is 0 Å². The number of aliphatic hydroxyl groups is 1. The van der Waals surface area contributed by atoms with Crippen molar-refractivity contribution < 1.29 is 15.0 Å². The van der Waals surface area contributed by atoms with Crippen molar-refractivity contribution in [1.82, 2.24) is 0 Å². The Kier molecular flexibility index (Phi) is 5.50. The quantitative estimate of drug-likeness (QED) is 0.651. The summed E-state index contributed by atoms with van der Waals surface area (Å²) in [6.45, 7) is 0.169. The number of carbonyl (C=O) groups is 1. The summed E-state index contributed by atoms with van der Waals surface area (Å²) >= 11 is 0. The molecular formula is C23H21NO3. The van der Waals surface area contributed by atoms with Crippen LogP contribution < -0.4 is 5.73 Å². The Hall–Kier alpha value is -3.21. The molecule has 27 heavy (non-hydrogen) atoms. The second-order valence-corrected chi connectivity index (χ2v) is 6.24. The van der Waals surface area contributed by atoms with Crippen molar-refractivity contribution in [3.63, 3.8) is 0 Å². The van der Waals surface area contributed by atoms with Crippen LogP contribution in [0.25, 0.3) is 12.2 Å². The van der Waals surface area contributed by atoms with Crippen molar-refractivity contribution in [3.05, 3.63) is 107 Å². The third kappa shape index (κ3) is 3.82. The summed E-state index contributed by atoms with van der Waals surface area (Å²) in [4.78, 5) is 10.2. The van der Waals surface area contributed by atoms with E-state index in [1.807, 2.05) is 60.7 Å². The summed E-state index contributed by atoms with van der Waals surface area (Å²) < 4.78 is 0. The Morgan fingerprint density at radius 3 is 1.63 bits per heavy atom. The fourth-order valence-electron chi connectivity index (χ4n) is 3.16. The van der Waals surface area contributed by atoms with Crippen LogP contribution in [0.5, 0.6) is 0 Å². The summed E-state index contributed by atoms with van der Waals surface area (Å²) in [6.07, 6.45) is 4.06. The van der Waals surface area contributed by atoms with E-state index in [0.29, 0.717) is 5.56 Å². The number of aromatic carboxylic acids is 1. The lowest BCUT2D eigenvalue weighted by atomic mass is 9.83. The molecule has 0 spiro atoms. The molecule has 0 radical (unpaired) electrons. The SMILES string of the molecule is NCC1(O)c2ccccc2C=Cc2ccccc21.O=C(O)c1ccccc1. The van der Waals surface area contributed by atoms with Crippen LogP contribution in [0.2, 0.25) is 0 Å². The van der Waals surface area contributed by atoms with Crippen LogP contribution in [0.15, 0.2) is 78.9 Å². The molecule has 0 unspecified atom stereocenters. The van der Waals surface area contributed by atoms with Crippen molar-refractivity contribution in [2.45, 2.75) is 5.60 Å². The number of fused-ring (bicyclic) bond motifs is 2. The molecule has 4 rings (SSSR count). The third-order valence-corrected chi connectivity index (χ3v) is 4.57. The molecule has 0 heterocycles. The van der Waals surface area contributed by atoms with Gasteiger partial charge in [0.2, 0.25) is 0 Å². The summed E-state index contributed by atoms with van der Waals surface area (Å²) in [5.74, 6) is -0.879. The van der Waals surface area contributed by atoms with Crippen LogP contribution in [0.1, 0.15) is 32.6 Å². The summed E-state index contributed by atoms with van der Waals surface area (Å²) in [6, 6.07) is 24.0. The van der Waals surface area contributed by atoms with Gasteiger partial charge in [-0.1, -0.05) is 78.9 Å². The molecular weight excluding hydrogens is 338 g/mol. The first-order valence-electron chi connectivity index (χ1n) is 8.64. The minimum Gasteiger partial charge on any atom is -0.478 e. The Morgan fingerprint density at radius 1 is 0.778 bits per heavy atom. The van der Waals surface area contributed by atoms with Crippen LogP contribution in [-0.2, 0) is 5.60 Å². The second kappa shape index (κ2) is 7.99. The number of carboxylic acids is 1. The van der Waals surface area contributed by atoms with E-state index >= 15 is 0 Å². The molecule has 0 saturated carbocycles. The fraction of sp³-hybridized carbons (Fsp3) is 0.0870. The van der Waals surface area contributed by atoms with Gasteiger partial charge in [0, 0.05) is 6.54 Å². The van der Waals surface area contributed by atoms with E-state index in [0.717, 1.165) is 22.3 Å². The zero-order valence-corrected chi connectivity index (χ0v) is 14.7. The molecule has 0 aromatic heterocycles. The van der Waals surface area contributed by atoms with Gasteiger partial charge < -0.3 is 15.9 Å². The second-order valence-electron chi connectivity index (χ2n) is 6.24. The van der Waals surface area contributed by atoms with Gasteiger partial charge in [-0.15, -0.1) is 0 Å². The molecule has 4 heteroatoms. The highest BCUT2D eigenvalue weighted by atomic mass is 16.4. The molecule has 0 bridgehead atoms. The highest BCUT2D eigenvalue weighted by molar-refractivity contribution is 5.87. The standard InChI is InChI=1S/C16H15NO.C7H6O2/c17-11-16(18)14-7-3-1-5-12(14)9-10-13-6-2-4-8-15(13)16;8-7(9)6-4-2-1-3-5-6/h1-10,18H,11,17H2;1-5H,(H,8,9). The highest BCUT2D eigenvalue weighted by Crippen LogP contribution is 2.36. The first-order chi connectivity index (χ1) is 13.1. The minimum absolute atomic E-state index is 0.169. The average molecular weight is 359 g/mol. The summed E-state index contributed by atoms with van der Waals surface area (Å²) in [5.41, 5.74) is 8.84. The predicted octanol–water partition coefficient (Wildman–Crippen LogP) is 3.75. The van der Waals surface area contributed by atoms with Gasteiger partial charge in [-0.2, -0.15) is 0 Å². The number of benzene rings is 3. The molecule has 3 aromatic carbocycles. The molecule has 0 amide bonds. The summed E-state index contributed by atoms with van der Waals surface area (Å²) in [5, 5.41) is 19.4. The maximum Gasteiger partial charge on any atom is 0.335 e. The number of carboxylic acid groups (broad SMARTS) is 1. The van der Waals surface area contributed by atoms with Crippen molar-refractivity contribution in [2.75, 3.05) is 6.54 Å². The third-order valence-electron chi connectivity index (χ3n) is 4.57. The zero-order chi connectivity index (χ0) is 19.3. The number of hydrogen-bond acceptors (Lipinski definition) is 3. The normalized spacial score (nSPS) is 13.4. The van der Waals surface area contributed by atoms with Crippen LogP contribution in [0.4, 0.5) is 0 Å². The van der Waals surface area contributed by atoms with Gasteiger partial charge >= 0.3 is 5.97 Å². The zero-order valence-electron chi connectivity index (χ0n) is 14.7. The van der Waals surface area contributed by atoms with Gasteiger partial charge in [0.15, 0.2) is 0 Å². The minimum atomic E-state index is -1.11. The molecule has 1 aliphatic rings. The molecule has 4 N–H and O–H groups in total. The van der Waals surface area contributed by atoms with Gasteiger partial charge in [0.1, 0.15) is 5.60 Å². The number of hydrogen-bond donors (Lipinski definition) is 3. The highest BCUT2D eigenvalue weighted by Gasteiger charge is 2.34. The van der Waals surface area contributed by atoms with Gasteiger partial charge in [0.05, 0.1) is 5.56 Å². The van der Waals surface area contributed by atoms with Crippen LogP contribution in [0.3, 0.4) is 0 Å². The Morgan fingerprint density at radius 2 is 1.22 bits per heavy atom. The topological polar surface area (TPSA) is 83.5 Å². The van der Waals surface area contributed by atoms with Crippen LogP contribution >= 0.6 is 0 Å². The maximum absolute atomic E-state index is 11.0. The average Bonchev–Trinajstić information content (AvgIpc) is 2.85. The van der Waals surface area contributed by atoms with Crippen LogP contribution in [-0.4, -0.2) is 22.7 Å². The number of nitrogens with two attached hydrogens (primary N) is 1. The van der Waals surface area contributed by atoms with E-state index in [9.17, 15) is 9.90 Å². The fourth-order valence-corrected chi connectivity index (χ4v) is 3.16. The van der Waals surface area contributed by atoms with E-state index in [1.54, 1.807) is 30.3 Å². The summed E-state index contributed by atoms with van der Waals surface area (Å²) in [7, 11) is 0. The molecule has 0 aliphatic heterocycles. The maximum atomic E-state index is 11.0. The number of rotatable bonds is 2. The molecule has 4 nitrogen and oxygen atoms in total. The van der Waals surface area contributed by atoms with Gasteiger partial charge in [-0.3, -0.25) is 0 Å². The van der Waals surface area contributed by atoms with E-state index in [-0.39, 0.29) is 6.54 Å². The lowest BCUT2D eigenvalue weighted by Crippen LogP contribution is -2.37. The molecule has 0 atom stereocenters. The first-order valence-corrected chi connectivity index (χ1v) is 8.64. The Bertz CT molecular complexity index is 915. The van der Waals surface area contributed by atoms with Gasteiger partial charge in [-0.25, -0.2) is 4.79 Å². The lowest BCUT2D eigenvalue weighted by molar-refractivity contribution is 0.0696. The molecule has 0 saturated heterocycles. The van der Waals surface area contributed by atoms with Crippen molar-refractivity contribution >= 4 is 18.1 Å². The Balaban J connectivity index is 0.000000197. The smallest absolute Gasteiger partial charge is 0.335 e. The largest absolute Gasteiger partial charge is 0.478 e. The van der Waals surface area contributed by atoms with Crippen LogP contribution in [0, 0.1) is 0 Å². The lowest BCUT2D eigenvalue weighted by Gasteiger charge is -2.29. The molecule has 3 aromatic rings.